The standard InChI is InChI=1S/C11H13NO2.ClH/c1-7-2-3-8-5-11(9(12)6-13)14-10(8)4-7;/h2-5,9,13H,6,12H2,1H3;1H. The third-order valence-corrected chi connectivity index (χ3v) is 2.26. The lowest BCUT2D eigenvalue weighted by molar-refractivity contribution is 0.254. The fourth-order valence-corrected chi connectivity index (χ4v) is 1.43. The van der Waals surface area contributed by atoms with Crippen LogP contribution in [0.5, 0.6) is 0 Å². The second-order valence-electron chi connectivity index (χ2n) is 3.48. The van der Waals surface area contributed by atoms with E-state index in [1.54, 1.807) is 0 Å². The van der Waals surface area contributed by atoms with Gasteiger partial charge in [0.15, 0.2) is 0 Å². The van der Waals surface area contributed by atoms with Crippen LogP contribution in [0.4, 0.5) is 0 Å². The molecule has 1 atom stereocenters. The number of aryl methyl sites for hydroxylation is 1. The third kappa shape index (κ3) is 2.31. The molecule has 0 radical (unpaired) electrons. The lowest BCUT2D eigenvalue weighted by Crippen LogP contribution is -2.13. The van der Waals surface area contributed by atoms with Crippen molar-refractivity contribution in [3.63, 3.8) is 0 Å². The van der Waals surface area contributed by atoms with Gasteiger partial charge >= 0.3 is 0 Å². The molecule has 4 heteroatoms. The number of benzene rings is 1. The molecular weight excluding hydrogens is 214 g/mol. The largest absolute Gasteiger partial charge is 0.459 e. The lowest BCUT2D eigenvalue weighted by atomic mass is 10.2. The zero-order chi connectivity index (χ0) is 10.1. The number of nitrogens with two attached hydrogens (primary N) is 1. The van der Waals surface area contributed by atoms with Crippen LogP contribution in [0, 0.1) is 6.92 Å². The predicted octanol–water partition coefficient (Wildman–Crippen LogP) is 2.16. The summed E-state index contributed by atoms with van der Waals surface area (Å²) in [6.07, 6.45) is 0. The minimum absolute atomic E-state index is 0. The molecule has 3 N–H and O–H groups in total. The van der Waals surface area contributed by atoms with Crippen LogP contribution in [0.15, 0.2) is 28.7 Å². The molecule has 0 saturated heterocycles. The normalized spacial score (nSPS) is 12.5. The number of hydrogen-bond acceptors (Lipinski definition) is 3. The molecule has 1 heterocycles. The molecule has 0 aliphatic heterocycles. The van der Waals surface area contributed by atoms with Crippen molar-refractivity contribution >= 4 is 23.4 Å². The van der Waals surface area contributed by atoms with Gasteiger partial charge < -0.3 is 15.3 Å². The molecule has 0 bridgehead atoms. The molecule has 2 rings (SSSR count). The Kier molecular flexibility index (Phi) is 3.74. The maximum Gasteiger partial charge on any atom is 0.134 e. The number of rotatable bonds is 2. The summed E-state index contributed by atoms with van der Waals surface area (Å²) in [6, 6.07) is 7.41. The van der Waals surface area contributed by atoms with Gasteiger partial charge in [0.1, 0.15) is 11.3 Å². The highest BCUT2D eigenvalue weighted by atomic mass is 35.5. The summed E-state index contributed by atoms with van der Waals surface area (Å²) in [4.78, 5) is 0. The molecule has 0 aliphatic carbocycles. The molecule has 0 fully saturated rings. The average molecular weight is 228 g/mol. The van der Waals surface area contributed by atoms with E-state index in [4.69, 9.17) is 15.3 Å². The lowest BCUT2D eigenvalue weighted by Gasteiger charge is -2.01. The van der Waals surface area contributed by atoms with Crippen LogP contribution < -0.4 is 5.73 Å². The monoisotopic (exact) mass is 227 g/mol. The fraction of sp³-hybridized carbons (Fsp3) is 0.273. The summed E-state index contributed by atoms with van der Waals surface area (Å²) in [7, 11) is 0. The first-order valence-electron chi connectivity index (χ1n) is 4.57. The molecule has 0 spiro atoms. The van der Waals surface area contributed by atoms with Crippen molar-refractivity contribution in [2.24, 2.45) is 5.73 Å². The summed E-state index contributed by atoms with van der Waals surface area (Å²) in [5, 5.41) is 9.91. The molecule has 0 amide bonds. The SMILES string of the molecule is Cc1ccc2cc(C(N)CO)oc2c1.Cl. The van der Waals surface area contributed by atoms with Gasteiger partial charge in [-0.25, -0.2) is 0 Å². The van der Waals surface area contributed by atoms with Gasteiger partial charge in [0.05, 0.1) is 12.6 Å². The van der Waals surface area contributed by atoms with Crippen LogP contribution >= 0.6 is 12.4 Å². The van der Waals surface area contributed by atoms with Gasteiger partial charge in [-0.05, 0) is 24.6 Å². The van der Waals surface area contributed by atoms with Crippen LogP contribution in [-0.4, -0.2) is 11.7 Å². The second kappa shape index (κ2) is 4.66. The van der Waals surface area contributed by atoms with Gasteiger partial charge in [-0.3, -0.25) is 0 Å². The number of fused-ring (bicyclic) bond motifs is 1. The van der Waals surface area contributed by atoms with Gasteiger partial charge in [-0.1, -0.05) is 12.1 Å². The molecule has 2 aromatic rings. The summed E-state index contributed by atoms with van der Waals surface area (Å²) < 4.78 is 5.52. The number of hydrogen-bond donors (Lipinski definition) is 2. The highest BCUT2D eigenvalue weighted by Crippen LogP contribution is 2.23. The van der Waals surface area contributed by atoms with Crippen LogP contribution in [0.3, 0.4) is 0 Å². The Morgan fingerprint density at radius 3 is 2.80 bits per heavy atom. The molecule has 15 heavy (non-hydrogen) atoms. The van der Waals surface area contributed by atoms with Crippen molar-refractivity contribution in [3.05, 3.63) is 35.6 Å². The topological polar surface area (TPSA) is 59.4 Å². The van der Waals surface area contributed by atoms with Crippen molar-refractivity contribution in [1.82, 2.24) is 0 Å². The maximum absolute atomic E-state index is 8.88. The van der Waals surface area contributed by atoms with E-state index in [9.17, 15) is 0 Å². The molecule has 0 aliphatic rings. The van der Waals surface area contributed by atoms with E-state index in [-0.39, 0.29) is 19.0 Å². The van der Waals surface area contributed by atoms with Gasteiger partial charge in [0.2, 0.25) is 0 Å². The zero-order valence-corrected chi connectivity index (χ0v) is 9.25. The summed E-state index contributed by atoms with van der Waals surface area (Å²) >= 11 is 0. The number of furan rings is 1. The van der Waals surface area contributed by atoms with Gasteiger partial charge in [0, 0.05) is 5.39 Å². The summed E-state index contributed by atoms with van der Waals surface area (Å²) in [5.41, 5.74) is 7.62. The minimum Gasteiger partial charge on any atom is -0.459 e. The quantitative estimate of drug-likeness (QED) is 0.827. The molecule has 1 unspecified atom stereocenters. The number of aliphatic hydroxyl groups excluding tert-OH is 1. The second-order valence-corrected chi connectivity index (χ2v) is 3.48. The first-order chi connectivity index (χ1) is 6.70. The molecule has 3 nitrogen and oxygen atoms in total. The average Bonchev–Trinajstić information content (AvgIpc) is 2.59. The number of aliphatic hydroxyl groups is 1. The summed E-state index contributed by atoms with van der Waals surface area (Å²) in [6.45, 7) is 1.91. The van der Waals surface area contributed by atoms with Crippen molar-refractivity contribution < 1.29 is 9.52 Å². The maximum atomic E-state index is 8.88. The van der Waals surface area contributed by atoms with Gasteiger partial charge in [-0.15, -0.1) is 12.4 Å². The number of halogens is 1. The summed E-state index contributed by atoms with van der Waals surface area (Å²) in [5.74, 6) is 0.633. The Balaban J connectivity index is 0.00000112. The van der Waals surface area contributed by atoms with E-state index in [0.29, 0.717) is 5.76 Å². The van der Waals surface area contributed by atoms with E-state index >= 15 is 0 Å². The Labute approximate surface area is 94.3 Å². The first kappa shape index (κ1) is 12.0. The van der Waals surface area contributed by atoms with E-state index in [1.807, 2.05) is 31.2 Å². The molecule has 82 valence electrons. The predicted molar refractivity (Wildman–Crippen MR) is 62.2 cm³/mol. The van der Waals surface area contributed by atoms with Crippen LogP contribution in [0.2, 0.25) is 0 Å². The van der Waals surface area contributed by atoms with E-state index in [1.165, 1.54) is 0 Å². The fourth-order valence-electron chi connectivity index (χ4n) is 1.43. The molecule has 1 aromatic heterocycles. The Hall–Kier alpha value is -1.03. The van der Waals surface area contributed by atoms with Crippen LogP contribution in [-0.2, 0) is 0 Å². The highest BCUT2D eigenvalue weighted by Gasteiger charge is 2.10. The van der Waals surface area contributed by atoms with Gasteiger partial charge in [-0.2, -0.15) is 0 Å². The van der Waals surface area contributed by atoms with E-state index < -0.39 is 6.04 Å². The Bertz CT molecular complexity index is 453. The van der Waals surface area contributed by atoms with E-state index in [2.05, 4.69) is 0 Å². The van der Waals surface area contributed by atoms with Crippen molar-refractivity contribution in [2.45, 2.75) is 13.0 Å². The zero-order valence-electron chi connectivity index (χ0n) is 8.43. The Morgan fingerprint density at radius 2 is 2.13 bits per heavy atom. The molecule has 0 saturated carbocycles. The molecule has 1 aromatic carbocycles. The van der Waals surface area contributed by atoms with Crippen LogP contribution in [0.25, 0.3) is 11.0 Å². The minimum atomic E-state index is -0.428. The molecular formula is C11H14ClNO2. The van der Waals surface area contributed by atoms with Crippen molar-refractivity contribution in [1.29, 1.82) is 0 Å². The van der Waals surface area contributed by atoms with E-state index in [0.717, 1.165) is 16.5 Å². The first-order valence-corrected chi connectivity index (χ1v) is 4.57. The van der Waals surface area contributed by atoms with Crippen LogP contribution in [0.1, 0.15) is 17.4 Å². The Morgan fingerprint density at radius 1 is 1.40 bits per heavy atom. The smallest absolute Gasteiger partial charge is 0.134 e. The van der Waals surface area contributed by atoms with Gasteiger partial charge in [0.25, 0.3) is 0 Å². The van der Waals surface area contributed by atoms with Crippen molar-refractivity contribution in [3.8, 4) is 0 Å². The highest BCUT2D eigenvalue weighted by molar-refractivity contribution is 5.85. The van der Waals surface area contributed by atoms with Crippen molar-refractivity contribution in [2.75, 3.05) is 6.61 Å². The third-order valence-electron chi connectivity index (χ3n) is 2.26.